The summed E-state index contributed by atoms with van der Waals surface area (Å²) in [6.07, 6.45) is -0.941. The second-order valence-electron chi connectivity index (χ2n) is 6.48. The third-order valence-electron chi connectivity index (χ3n) is 4.49. The second kappa shape index (κ2) is 8.24. The van der Waals surface area contributed by atoms with E-state index in [4.69, 9.17) is 4.74 Å². The summed E-state index contributed by atoms with van der Waals surface area (Å²) in [5.41, 5.74) is 5.50. The van der Waals surface area contributed by atoms with Crippen molar-refractivity contribution in [1.82, 2.24) is 4.98 Å². The molecular formula is C23H18N2O3S. The summed E-state index contributed by atoms with van der Waals surface area (Å²) in [6.45, 7) is 1.56. The van der Waals surface area contributed by atoms with Crippen LogP contribution in [0.3, 0.4) is 0 Å². The Balaban J connectivity index is 1.47. The van der Waals surface area contributed by atoms with Crippen molar-refractivity contribution in [2.75, 3.05) is 5.32 Å². The summed E-state index contributed by atoms with van der Waals surface area (Å²) >= 11 is 1.45. The van der Waals surface area contributed by atoms with E-state index in [0.717, 1.165) is 21.3 Å². The van der Waals surface area contributed by atoms with Crippen LogP contribution < -0.4 is 5.32 Å². The highest BCUT2D eigenvalue weighted by Gasteiger charge is 2.20. The first-order valence-corrected chi connectivity index (χ1v) is 9.99. The maximum absolute atomic E-state index is 12.6. The number of rotatable bonds is 5. The third kappa shape index (κ3) is 4.17. The molecule has 0 bridgehead atoms. The molecular weight excluding hydrogens is 384 g/mol. The molecule has 1 aromatic heterocycles. The highest BCUT2D eigenvalue weighted by atomic mass is 32.1. The number of carbonyl (C=O) groups excluding carboxylic acids is 2. The average Bonchev–Trinajstić information content (AvgIpc) is 3.22. The van der Waals surface area contributed by atoms with Gasteiger partial charge in [-0.15, -0.1) is 11.3 Å². The lowest BCUT2D eigenvalue weighted by Gasteiger charge is -2.16. The van der Waals surface area contributed by atoms with Crippen LogP contribution >= 0.6 is 11.3 Å². The van der Waals surface area contributed by atoms with Crippen LogP contribution in [0.2, 0.25) is 0 Å². The van der Waals surface area contributed by atoms with Crippen molar-refractivity contribution in [3.63, 3.8) is 0 Å². The number of anilines is 1. The minimum atomic E-state index is -0.941. The molecule has 3 aromatic carbocycles. The van der Waals surface area contributed by atoms with Crippen molar-refractivity contribution in [2.24, 2.45) is 0 Å². The van der Waals surface area contributed by atoms with Gasteiger partial charge >= 0.3 is 5.97 Å². The van der Waals surface area contributed by atoms with Crippen molar-refractivity contribution in [3.8, 4) is 11.1 Å². The van der Waals surface area contributed by atoms with Gasteiger partial charge in [-0.05, 0) is 36.8 Å². The van der Waals surface area contributed by atoms with Crippen LogP contribution in [0.4, 0.5) is 5.69 Å². The van der Waals surface area contributed by atoms with Crippen LogP contribution in [0.25, 0.3) is 21.3 Å². The molecule has 144 valence electrons. The molecule has 0 aliphatic heterocycles. The molecule has 4 aromatic rings. The predicted molar refractivity (Wildman–Crippen MR) is 115 cm³/mol. The van der Waals surface area contributed by atoms with Gasteiger partial charge in [-0.2, -0.15) is 0 Å². The summed E-state index contributed by atoms with van der Waals surface area (Å²) < 4.78 is 6.27. The standard InChI is InChI=1S/C23H18N2O3S/c1-15(28-23(27)17-11-12-20-21(13-17)29-14-24-20)22(26)25-19-10-6-5-9-18(19)16-7-3-2-4-8-16/h2-15H,1H3,(H,25,26)/t15-/m0/s1. The van der Waals surface area contributed by atoms with E-state index < -0.39 is 12.1 Å². The minimum Gasteiger partial charge on any atom is -0.449 e. The fraction of sp³-hybridized carbons (Fsp3) is 0.0870. The Hall–Kier alpha value is -3.51. The van der Waals surface area contributed by atoms with Crippen molar-refractivity contribution in [1.29, 1.82) is 0 Å². The zero-order valence-corrected chi connectivity index (χ0v) is 16.5. The number of hydrogen-bond donors (Lipinski definition) is 1. The molecule has 1 amide bonds. The number of ether oxygens (including phenoxy) is 1. The molecule has 0 aliphatic rings. The Morgan fingerprint density at radius 2 is 1.76 bits per heavy atom. The van der Waals surface area contributed by atoms with Gasteiger partial charge in [0, 0.05) is 11.3 Å². The molecule has 4 rings (SSSR count). The molecule has 1 heterocycles. The van der Waals surface area contributed by atoms with E-state index in [1.165, 1.54) is 11.3 Å². The Kier molecular flexibility index (Phi) is 5.35. The first kappa shape index (κ1) is 18.8. The second-order valence-corrected chi connectivity index (χ2v) is 7.37. The number of amides is 1. The molecule has 0 radical (unpaired) electrons. The molecule has 0 aliphatic carbocycles. The third-order valence-corrected chi connectivity index (χ3v) is 5.28. The Bertz CT molecular complexity index is 1170. The summed E-state index contributed by atoms with van der Waals surface area (Å²) in [6, 6.07) is 22.5. The van der Waals surface area contributed by atoms with E-state index in [9.17, 15) is 9.59 Å². The summed E-state index contributed by atoms with van der Waals surface area (Å²) in [7, 11) is 0. The highest BCUT2D eigenvalue weighted by Crippen LogP contribution is 2.27. The van der Waals surface area contributed by atoms with Crippen molar-refractivity contribution in [3.05, 3.63) is 83.9 Å². The lowest BCUT2D eigenvalue weighted by molar-refractivity contribution is -0.123. The molecule has 29 heavy (non-hydrogen) atoms. The number of fused-ring (bicyclic) bond motifs is 1. The van der Waals surface area contributed by atoms with Gasteiger partial charge in [-0.3, -0.25) is 4.79 Å². The first-order chi connectivity index (χ1) is 14.1. The predicted octanol–water partition coefficient (Wildman–Crippen LogP) is 5.15. The normalized spacial score (nSPS) is 11.8. The molecule has 0 saturated heterocycles. The monoisotopic (exact) mass is 402 g/mol. The van der Waals surface area contributed by atoms with E-state index in [0.29, 0.717) is 11.3 Å². The summed E-state index contributed by atoms with van der Waals surface area (Å²) in [5.74, 6) is -0.931. The van der Waals surface area contributed by atoms with Gasteiger partial charge in [0.25, 0.3) is 5.91 Å². The van der Waals surface area contributed by atoms with Gasteiger partial charge in [0.15, 0.2) is 6.10 Å². The van der Waals surface area contributed by atoms with Gasteiger partial charge in [0.05, 0.1) is 21.3 Å². The Morgan fingerprint density at radius 3 is 2.59 bits per heavy atom. The number of para-hydroxylation sites is 1. The summed E-state index contributed by atoms with van der Waals surface area (Å²) in [4.78, 5) is 29.3. The van der Waals surface area contributed by atoms with Crippen LogP contribution in [-0.4, -0.2) is 23.0 Å². The number of nitrogens with one attached hydrogen (secondary N) is 1. The summed E-state index contributed by atoms with van der Waals surface area (Å²) in [5, 5.41) is 2.87. The molecule has 0 spiro atoms. The van der Waals surface area contributed by atoms with Crippen molar-refractivity contribution in [2.45, 2.75) is 13.0 Å². The lowest BCUT2D eigenvalue weighted by atomic mass is 10.0. The van der Waals surface area contributed by atoms with E-state index in [-0.39, 0.29) is 5.91 Å². The Morgan fingerprint density at radius 1 is 1.00 bits per heavy atom. The van der Waals surface area contributed by atoms with E-state index in [1.54, 1.807) is 30.6 Å². The van der Waals surface area contributed by atoms with Crippen LogP contribution in [0.5, 0.6) is 0 Å². The Labute approximate surface area is 172 Å². The number of hydrogen-bond acceptors (Lipinski definition) is 5. The smallest absolute Gasteiger partial charge is 0.338 e. The number of esters is 1. The van der Waals surface area contributed by atoms with E-state index in [1.807, 2.05) is 54.6 Å². The molecule has 6 heteroatoms. The van der Waals surface area contributed by atoms with Gasteiger partial charge in [0.1, 0.15) is 0 Å². The van der Waals surface area contributed by atoms with Crippen LogP contribution in [0.1, 0.15) is 17.3 Å². The molecule has 5 nitrogen and oxygen atoms in total. The molecule has 0 fully saturated rings. The van der Waals surface area contributed by atoms with E-state index in [2.05, 4.69) is 10.3 Å². The highest BCUT2D eigenvalue weighted by molar-refractivity contribution is 7.16. The van der Waals surface area contributed by atoms with Crippen LogP contribution in [0, 0.1) is 0 Å². The molecule has 0 unspecified atom stereocenters. The fourth-order valence-corrected chi connectivity index (χ4v) is 3.68. The lowest BCUT2D eigenvalue weighted by Crippen LogP contribution is -2.30. The topological polar surface area (TPSA) is 68.3 Å². The fourth-order valence-electron chi connectivity index (χ4n) is 2.96. The van der Waals surface area contributed by atoms with Gasteiger partial charge < -0.3 is 10.1 Å². The number of benzene rings is 3. The first-order valence-electron chi connectivity index (χ1n) is 9.11. The molecule has 1 N–H and O–H groups in total. The quantitative estimate of drug-likeness (QED) is 0.469. The maximum Gasteiger partial charge on any atom is 0.338 e. The zero-order chi connectivity index (χ0) is 20.2. The number of thiazole rings is 1. The molecule has 1 atom stereocenters. The van der Waals surface area contributed by atoms with Gasteiger partial charge in [0.2, 0.25) is 0 Å². The average molecular weight is 402 g/mol. The van der Waals surface area contributed by atoms with Crippen LogP contribution in [0.15, 0.2) is 78.3 Å². The van der Waals surface area contributed by atoms with Crippen molar-refractivity contribution >= 4 is 39.1 Å². The number of nitrogens with zero attached hydrogens (tertiary/aromatic N) is 1. The van der Waals surface area contributed by atoms with Crippen molar-refractivity contribution < 1.29 is 14.3 Å². The maximum atomic E-state index is 12.6. The number of aromatic nitrogens is 1. The van der Waals surface area contributed by atoms with Gasteiger partial charge in [-0.1, -0.05) is 48.5 Å². The van der Waals surface area contributed by atoms with Gasteiger partial charge in [-0.25, -0.2) is 9.78 Å². The SMILES string of the molecule is C[C@H](OC(=O)c1ccc2ncsc2c1)C(=O)Nc1ccccc1-c1ccccc1. The number of carbonyl (C=O) groups is 2. The largest absolute Gasteiger partial charge is 0.449 e. The van der Waals surface area contributed by atoms with E-state index >= 15 is 0 Å². The molecule has 0 saturated carbocycles. The van der Waals surface area contributed by atoms with Crippen LogP contribution in [-0.2, 0) is 9.53 Å². The zero-order valence-electron chi connectivity index (χ0n) is 15.7. The minimum absolute atomic E-state index is 0.388.